The Bertz CT molecular complexity index is 991. The molecule has 1 aromatic carbocycles. The van der Waals surface area contributed by atoms with E-state index >= 15 is 0 Å². The third-order valence-electron chi connectivity index (χ3n) is 4.81. The number of anilines is 1. The summed E-state index contributed by atoms with van der Waals surface area (Å²) in [5.74, 6) is -0.653. The monoisotopic (exact) mass is 424 g/mol. The van der Waals surface area contributed by atoms with Gasteiger partial charge in [0.15, 0.2) is 5.11 Å². The lowest BCUT2D eigenvalue weighted by Gasteiger charge is -2.37. The Morgan fingerprint density at radius 1 is 1.27 bits per heavy atom. The number of thiocarbonyl (C=S) groups is 1. The molecule has 1 aromatic heterocycles. The average molecular weight is 425 g/mol. The highest BCUT2D eigenvalue weighted by atomic mass is 32.1. The van der Waals surface area contributed by atoms with Crippen molar-refractivity contribution in [3.8, 4) is 0 Å². The highest BCUT2D eigenvalue weighted by molar-refractivity contribution is 7.80. The number of benzene rings is 1. The van der Waals surface area contributed by atoms with E-state index in [1.54, 1.807) is 31.3 Å². The van der Waals surface area contributed by atoms with Gasteiger partial charge >= 0.3 is 5.97 Å². The lowest BCUT2D eigenvalue weighted by atomic mass is 9.94. The minimum absolute atomic E-state index is 0.262. The van der Waals surface area contributed by atoms with Crippen LogP contribution in [0.15, 0.2) is 60.1 Å². The molecule has 156 valence electrons. The molecule has 1 aliphatic heterocycles. The molecule has 2 aromatic rings. The molecule has 0 fully saturated rings. The highest BCUT2D eigenvalue weighted by Gasteiger charge is 2.34. The fraction of sp³-hybridized carbons (Fsp3) is 0.273. The van der Waals surface area contributed by atoms with Crippen LogP contribution >= 0.6 is 12.2 Å². The molecule has 0 saturated heterocycles. The number of pyridine rings is 1. The minimum atomic E-state index is -0.477. The average Bonchev–Trinajstić information content (AvgIpc) is 2.74. The fourth-order valence-corrected chi connectivity index (χ4v) is 3.77. The number of amides is 1. The smallest absolute Gasteiger partial charge is 0.338 e. The summed E-state index contributed by atoms with van der Waals surface area (Å²) >= 11 is 5.50. The first-order valence-corrected chi connectivity index (χ1v) is 10.1. The van der Waals surface area contributed by atoms with Gasteiger partial charge in [0.1, 0.15) is 0 Å². The molecular weight excluding hydrogens is 400 g/mol. The Balaban J connectivity index is 1.94. The number of aromatic nitrogens is 1. The van der Waals surface area contributed by atoms with Crippen molar-refractivity contribution in [3.05, 3.63) is 71.2 Å². The summed E-state index contributed by atoms with van der Waals surface area (Å²) < 4.78 is 5.30. The second kappa shape index (κ2) is 9.49. The molecule has 1 aliphatic rings. The third kappa shape index (κ3) is 4.49. The van der Waals surface area contributed by atoms with Crippen LogP contribution in [0.1, 0.15) is 42.7 Å². The molecule has 0 aliphatic carbocycles. The molecule has 1 amide bonds. The largest absolute Gasteiger partial charge is 0.463 e. The highest BCUT2D eigenvalue weighted by Crippen LogP contribution is 2.32. The summed E-state index contributed by atoms with van der Waals surface area (Å²) in [6.45, 7) is 6.52. The molecule has 8 heteroatoms. The number of nitrogens with zero attached hydrogens (tertiary/aromatic N) is 2. The summed E-state index contributed by atoms with van der Waals surface area (Å²) in [5.41, 5.74) is 3.12. The van der Waals surface area contributed by atoms with Crippen molar-refractivity contribution in [3.63, 3.8) is 0 Å². The summed E-state index contributed by atoms with van der Waals surface area (Å²) in [4.78, 5) is 31.0. The number of hydrogen-bond donors (Lipinski definition) is 2. The second-order valence-corrected chi connectivity index (χ2v) is 7.05. The minimum Gasteiger partial charge on any atom is -0.463 e. The van der Waals surface area contributed by atoms with E-state index in [0.29, 0.717) is 28.5 Å². The van der Waals surface area contributed by atoms with E-state index in [9.17, 15) is 9.59 Å². The topological polar surface area (TPSA) is 83.6 Å². The fourth-order valence-electron chi connectivity index (χ4n) is 3.38. The maximum Gasteiger partial charge on any atom is 0.338 e. The number of esters is 1. The van der Waals surface area contributed by atoms with Gasteiger partial charge in [-0.05, 0) is 62.8 Å². The molecule has 30 heavy (non-hydrogen) atoms. The van der Waals surface area contributed by atoms with Gasteiger partial charge in [-0.25, -0.2) is 4.79 Å². The first-order chi connectivity index (χ1) is 14.5. The number of ether oxygens (including phenoxy) is 1. The van der Waals surface area contributed by atoms with Crippen molar-refractivity contribution in [2.24, 2.45) is 0 Å². The van der Waals surface area contributed by atoms with Crippen LogP contribution in [0.2, 0.25) is 0 Å². The Kier molecular flexibility index (Phi) is 6.79. The maximum absolute atomic E-state index is 12.7. The zero-order valence-electron chi connectivity index (χ0n) is 17.1. The van der Waals surface area contributed by atoms with Crippen molar-refractivity contribution in [1.82, 2.24) is 15.2 Å². The van der Waals surface area contributed by atoms with Gasteiger partial charge in [-0.3, -0.25) is 9.78 Å². The van der Waals surface area contributed by atoms with Crippen LogP contribution in [0.4, 0.5) is 5.69 Å². The van der Waals surface area contributed by atoms with E-state index in [1.165, 1.54) is 6.20 Å². The van der Waals surface area contributed by atoms with Gasteiger partial charge < -0.3 is 20.3 Å². The summed E-state index contributed by atoms with van der Waals surface area (Å²) in [7, 11) is 0. The number of allylic oxidation sites excluding steroid dienone is 1. The summed E-state index contributed by atoms with van der Waals surface area (Å²) in [5, 5.41) is 6.65. The number of rotatable bonds is 6. The van der Waals surface area contributed by atoms with E-state index in [0.717, 1.165) is 11.3 Å². The van der Waals surface area contributed by atoms with Crippen molar-refractivity contribution in [2.45, 2.75) is 26.8 Å². The van der Waals surface area contributed by atoms with Gasteiger partial charge in [0, 0.05) is 30.3 Å². The molecule has 0 spiro atoms. The van der Waals surface area contributed by atoms with E-state index in [2.05, 4.69) is 15.6 Å². The Morgan fingerprint density at radius 3 is 2.73 bits per heavy atom. The van der Waals surface area contributed by atoms with Crippen LogP contribution in [0.3, 0.4) is 0 Å². The van der Waals surface area contributed by atoms with Crippen molar-refractivity contribution >= 4 is 34.9 Å². The molecule has 0 radical (unpaired) electrons. The third-order valence-corrected chi connectivity index (χ3v) is 5.15. The van der Waals surface area contributed by atoms with Crippen LogP contribution < -0.4 is 10.6 Å². The molecule has 2 heterocycles. The van der Waals surface area contributed by atoms with Crippen molar-refractivity contribution in [1.29, 1.82) is 0 Å². The molecule has 3 rings (SSSR count). The standard InChI is InChI=1S/C22H24N4O3S/c1-4-26-14(3)18(21(28)29-5-2)19(25-22(26)30)15-8-6-10-17(12-15)24-20(27)16-9-7-11-23-13-16/h6-13,19H,4-5H2,1-3H3,(H,24,27)(H,25,30). The van der Waals surface area contributed by atoms with Gasteiger partial charge in [-0.15, -0.1) is 0 Å². The van der Waals surface area contributed by atoms with Gasteiger partial charge in [0.2, 0.25) is 0 Å². The normalized spacial score (nSPS) is 16.2. The molecular formula is C22H24N4O3S. The van der Waals surface area contributed by atoms with Crippen LogP contribution in [-0.2, 0) is 9.53 Å². The predicted octanol–water partition coefficient (Wildman–Crippen LogP) is 3.42. The van der Waals surface area contributed by atoms with Gasteiger partial charge in [0.05, 0.1) is 23.8 Å². The first-order valence-electron chi connectivity index (χ1n) is 9.73. The van der Waals surface area contributed by atoms with Crippen molar-refractivity contribution in [2.75, 3.05) is 18.5 Å². The zero-order valence-corrected chi connectivity index (χ0v) is 18.0. The van der Waals surface area contributed by atoms with Gasteiger partial charge in [-0.1, -0.05) is 12.1 Å². The van der Waals surface area contributed by atoms with Crippen LogP contribution in [-0.4, -0.2) is 40.0 Å². The van der Waals surface area contributed by atoms with E-state index in [-0.39, 0.29) is 12.5 Å². The van der Waals surface area contributed by atoms with Crippen LogP contribution in [0.25, 0.3) is 0 Å². The molecule has 2 N–H and O–H groups in total. The zero-order chi connectivity index (χ0) is 21.7. The van der Waals surface area contributed by atoms with Crippen LogP contribution in [0, 0.1) is 0 Å². The Morgan fingerprint density at radius 2 is 2.07 bits per heavy atom. The molecule has 1 atom stereocenters. The number of carbonyl (C=O) groups excluding carboxylic acids is 2. The number of carbonyl (C=O) groups is 2. The Hall–Kier alpha value is -3.26. The number of nitrogens with one attached hydrogen (secondary N) is 2. The van der Waals surface area contributed by atoms with Gasteiger partial charge in [-0.2, -0.15) is 0 Å². The molecule has 1 unspecified atom stereocenters. The second-order valence-electron chi connectivity index (χ2n) is 6.67. The van der Waals surface area contributed by atoms with E-state index in [1.807, 2.05) is 36.9 Å². The summed E-state index contributed by atoms with van der Waals surface area (Å²) in [6.07, 6.45) is 3.12. The SMILES string of the molecule is CCOC(=O)C1=C(C)N(CC)C(=S)NC1c1cccc(NC(=O)c2cccnc2)c1. The lowest BCUT2D eigenvalue weighted by molar-refractivity contribution is -0.139. The first kappa shape index (κ1) is 21.4. The Labute approximate surface area is 181 Å². The summed E-state index contributed by atoms with van der Waals surface area (Å²) in [6, 6.07) is 10.2. The molecule has 0 saturated carbocycles. The molecule has 7 nitrogen and oxygen atoms in total. The maximum atomic E-state index is 12.7. The van der Waals surface area contributed by atoms with E-state index < -0.39 is 12.0 Å². The van der Waals surface area contributed by atoms with Crippen LogP contribution in [0.5, 0.6) is 0 Å². The lowest BCUT2D eigenvalue weighted by Crippen LogP contribution is -2.47. The van der Waals surface area contributed by atoms with E-state index in [4.69, 9.17) is 17.0 Å². The quantitative estimate of drug-likeness (QED) is 0.543. The molecule has 0 bridgehead atoms. The van der Waals surface area contributed by atoms with Gasteiger partial charge in [0.25, 0.3) is 5.91 Å². The van der Waals surface area contributed by atoms with Crippen molar-refractivity contribution < 1.29 is 14.3 Å². The predicted molar refractivity (Wildman–Crippen MR) is 119 cm³/mol. The number of hydrogen-bond acceptors (Lipinski definition) is 5.